The maximum atomic E-state index is 13.6. The van der Waals surface area contributed by atoms with Crippen LogP contribution < -0.4 is 10.5 Å². The maximum Gasteiger partial charge on any atom is 0.243 e. The number of hydrogen-bond donors (Lipinski definition) is 2. The summed E-state index contributed by atoms with van der Waals surface area (Å²) in [6, 6.07) is 3.45. The van der Waals surface area contributed by atoms with Crippen LogP contribution in [-0.4, -0.2) is 13.4 Å². The SMILES string of the molecule is Cc1nc(CNS(=O)(=O)c2ccc(N)cc2F)cs1. The number of aromatic nitrogens is 1. The van der Waals surface area contributed by atoms with Crippen LogP contribution in [0.1, 0.15) is 10.7 Å². The highest BCUT2D eigenvalue weighted by molar-refractivity contribution is 7.89. The third kappa shape index (κ3) is 3.28. The lowest BCUT2D eigenvalue weighted by atomic mass is 10.3. The number of nitrogens with zero attached hydrogens (tertiary/aromatic N) is 1. The van der Waals surface area contributed by atoms with Gasteiger partial charge >= 0.3 is 0 Å². The Hall–Kier alpha value is -1.51. The number of rotatable bonds is 4. The number of nitrogen functional groups attached to an aromatic ring is 1. The van der Waals surface area contributed by atoms with Gasteiger partial charge in [-0.25, -0.2) is 22.5 Å². The summed E-state index contributed by atoms with van der Waals surface area (Å²) >= 11 is 1.42. The summed E-state index contributed by atoms with van der Waals surface area (Å²) in [5.74, 6) is -0.873. The molecule has 1 aromatic carbocycles. The second-order valence-electron chi connectivity index (χ2n) is 3.87. The van der Waals surface area contributed by atoms with Crippen LogP contribution in [0.15, 0.2) is 28.5 Å². The number of thiazole rings is 1. The molecule has 1 aromatic heterocycles. The van der Waals surface area contributed by atoms with E-state index in [1.165, 1.54) is 17.4 Å². The molecule has 0 fully saturated rings. The van der Waals surface area contributed by atoms with Crippen molar-refractivity contribution in [1.29, 1.82) is 0 Å². The summed E-state index contributed by atoms with van der Waals surface area (Å²) in [5.41, 5.74) is 6.15. The molecule has 0 aliphatic heterocycles. The lowest BCUT2D eigenvalue weighted by Crippen LogP contribution is -2.24. The largest absolute Gasteiger partial charge is 0.399 e. The Labute approximate surface area is 114 Å². The molecule has 2 aromatic rings. The molecule has 0 unspecified atom stereocenters. The Morgan fingerprint density at radius 1 is 1.47 bits per heavy atom. The Bertz CT molecular complexity index is 698. The molecular weight excluding hydrogens is 289 g/mol. The average Bonchev–Trinajstić information content (AvgIpc) is 2.72. The van der Waals surface area contributed by atoms with Crippen molar-refractivity contribution in [2.75, 3.05) is 5.73 Å². The van der Waals surface area contributed by atoms with E-state index in [0.717, 1.165) is 17.1 Å². The van der Waals surface area contributed by atoms with Gasteiger partial charge in [0.25, 0.3) is 0 Å². The monoisotopic (exact) mass is 301 g/mol. The van der Waals surface area contributed by atoms with Crippen LogP contribution in [0.4, 0.5) is 10.1 Å². The third-order valence-electron chi connectivity index (χ3n) is 2.36. The average molecular weight is 301 g/mol. The quantitative estimate of drug-likeness (QED) is 0.841. The lowest BCUT2D eigenvalue weighted by molar-refractivity contribution is 0.556. The number of halogens is 1. The molecule has 0 saturated carbocycles. The highest BCUT2D eigenvalue weighted by Crippen LogP contribution is 2.17. The van der Waals surface area contributed by atoms with Gasteiger partial charge in [-0.1, -0.05) is 0 Å². The van der Waals surface area contributed by atoms with Crippen molar-refractivity contribution in [2.24, 2.45) is 0 Å². The second-order valence-corrected chi connectivity index (χ2v) is 6.67. The highest BCUT2D eigenvalue weighted by Gasteiger charge is 2.19. The second kappa shape index (κ2) is 5.24. The first-order chi connectivity index (χ1) is 8.88. The predicted molar refractivity (Wildman–Crippen MR) is 71.7 cm³/mol. The number of aryl methyl sites for hydroxylation is 1. The Balaban J connectivity index is 2.18. The van der Waals surface area contributed by atoms with Crippen molar-refractivity contribution in [1.82, 2.24) is 9.71 Å². The summed E-state index contributed by atoms with van der Waals surface area (Å²) in [6.07, 6.45) is 0. The van der Waals surface area contributed by atoms with Gasteiger partial charge in [0.1, 0.15) is 10.7 Å². The van der Waals surface area contributed by atoms with Gasteiger partial charge in [-0.05, 0) is 25.1 Å². The summed E-state index contributed by atoms with van der Waals surface area (Å²) < 4.78 is 39.7. The molecule has 102 valence electrons. The lowest BCUT2D eigenvalue weighted by Gasteiger charge is -2.07. The topological polar surface area (TPSA) is 85.1 Å². The summed E-state index contributed by atoms with van der Waals surface area (Å²) in [4.78, 5) is 3.70. The standard InChI is InChI=1S/C11H12FN3O2S2/c1-7-15-9(6-18-7)5-14-19(16,17)11-3-2-8(13)4-10(11)12/h2-4,6,14H,5,13H2,1H3. The molecular formula is C11H12FN3O2S2. The minimum Gasteiger partial charge on any atom is -0.399 e. The van der Waals surface area contributed by atoms with Crippen molar-refractivity contribution in [3.8, 4) is 0 Å². The maximum absolute atomic E-state index is 13.6. The molecule has 5 nitrogen and oxygen atoms in total. The fourth-order valence-electron chi connectivity index (χ4n) is 1.47. The van der Waals surface area contributed by atoms with Gasteiger partial charge in [-0.3, -0.25) is 0 Å². The minimum atomic E-state index is -3.91. The van der Waals surface area contributed by atoms with Gasteiger partial charge in [0, 0.05) is 11.1 Å². The molecule has 8 heteroatoms. The molecule has 0 aliphatic rings. The van der Waals surface area contributed by atoms with Crippen LogP contribution >= 0.6 is 11.3 Å². The third-order valence-corrected chi connectivity index (χ3v) is 4.61. The zero-order chi connectivity index (χ0) is 14.0. The highest BCUT2D eigenvalue weighted by atomic mass is 32.2. The molecule has 3 N–H and O–H groups in total. The van der Waals surface area contributed by atoms with E-state index in [4.69, 9.17) is 5.73 Å². The van der Waals surface area contributed by atoms with E-state index in [1.54, 1.807) is 5.38 Å². The van der Waals surface area contributed by atoms with Gasteiger partial charge < -0.3 is 5.73 Å². The Morgan fingerprint density at radius 3 is 2.79 bits per heavy atom. The number of nitrogens with two attached hydrogens (primary N) is 1. The molecule has 0 saturated heterocycles. The normalized spacial score (nSPS) is 11.7. The zero-order valence-corrected chi connectivity index (χ0v) is 11.7. The van der Waals surface area contributed by atoms with Gasteiger partial charge in [-0.15, -0.1) is 11.3 Å². The van der Waals surface area contributed by atoms with Crippen LogP contribution in [0.25, 0.3) is 0 Å². The molecule has 0 spiro atoms. The van der Waals surface area contributed by atoms with E-state index < -0.39 is 20.7 Å². The molecule has 0 bridgehead atoms. The molecule has 2 rings (SSSR count). The Morgan fingerprint density at radius 2 is 2.21 bits per heavy atom. The van der Waals surface area contributed by atoms with Crippen LogP contribution in [0, 0.1) is 12.7 Å². The summed E-state index contributed by atoms with van der Waals surface area (Å²) in [5, 5.41) is 2.59. The number of sulfonamides is 1. The first-order valence-corrected chi connectivity index (χ1v) is 7.70. The van der Waals surface area contributed by atoms with Crippen LogP contribution in [0.2, 0.25) is 0 Å². The molecule has 1 heterocycles. The smallest absolute Gasteiger partial charge is 0.243 e. The molecule has 0 radical (unpaired) electrons. The first-order valence-electron chi connectivity index (χ1n) is 5.34. The zero-order valence-electron chi connectivity index (χ0n) is 10.1. The van der Waals surface area contributed by atoms with E-state index in [1.807, 2.05) is 6.92 Å². The number of hydrogen-bond acceptors (Lipinski definition) is 5. The molecule has 0 aliphatic carbocycles. The predicted octanol–water partition coefficient (Wildman–Crippen LogP) is 1.65. The van der Waals surface area contributed by atoms with Crippen molar-refractivity contribution >= 4 is 27.0 Å². The summed E-state index contributed by atoms with van der Waals surface area (Å²) in [7, 11) is -3.91. The molecule has 19 heavy (non-hydrogen) atoms. The van der Waals surface area contributed by atoms with E-state index in [-0.39, 0.29) is 12.2 Å². The van der Waals surface area contributed by atoms with Gasteiger partial charge in [-0.2, -0.15) is 0 Å². The number of benzene rings is 1. The van der Waals surface area contributed by atoms with Crippen molar-refractivity contribution in [2.45, 2.75) is 18.4 Å². The molecule has 0 amide bonds. The van der Waals surface area contributed by atoms with Crippen molar-refractivity contribution < 1.29 is 12.8 Å². The van der Waals surface area contributed by atoms with E-state index in [9.17, 15) is 12.8 Å². The van der Waals surface area contributed by atoms with Gasteiger partial charge in [0.05, 0.1) is 17.2 Å². The van der Waals surface area contributed by atoms with Gasteiger partial charge in [0.15, 0.2) is 0 Å². The number of nitrogens with one attached hydrogen (secondary N) is 1. The van der Waals surface area contributed by atoms with Gasteiger partial charge in [0.2, 0.25) is 10.0 Å². The van der Waals surface area contributed by atoms with Crippen molar-refractivity contribution in [3.05, 3.63) is 40.1 Å². The van der Waals surface area contributed by atoms with E-state index in [0.29, 0.717) is 5.69 Å². The Kier molecular flexibility index (Phi) is 3.83. The summed E-state index contributed by atoms with van der Waals surface area (Å²) in [6.45, 7) is 1.85. The first kappa shape index (κ1) is 13.9. The fourth-order valence-corrected chi connectivity index (χ4v) is 3.14. The van der Waals surface area contributed by atoms with Crippen LogP contribution in [0.5, 0.6) is 0 Å². The van der Waals surface area contributed by atoms with Crippen LogP contribution in [-0.2, 0) is 16.6 Å². The minimum absolute atomic E-state index is 0.0243. The van der Waals surface area contributed by atoms with Crippen LogP contribution in [0.3, 0.4) is 0 Å². The van der Waals surface area contributed by atoms with E-state index in [2.05, 4.69) is 9.71 Å². The van der Waals surface area contributed by atoms with E-state index >= 15 is 0 Å². The molecule has 0 atom stereocenters. The fraction of sp³-hybridized carbons (Fsp3) is 0.182. The van der Waals surface area contributed by atoms with Crippen molar-refractivity contribution in [3.63, 3.8) is 0 Å². The number of anilines is 1.